The van der Waals surface area contributed by atoms with Gasteiger partial charge in [-0.1, -0.05) is 6.07 Å². The smallest absolute Gasteiger partial charge is 0.376 e. The lowest BCUT2D eigenvalue weighted by molar-refractivity contribution is 0.0587. The lowest BCUT2D eigenvalue weighted by Gasteiger charge is -2.08. The summed E-state index contributed by atoms with van der Waals surface area (Å²) in [5, 5.41) is 1.94. The molecule has 0 aliphatic carbocycles. The molecule has 3 rings (SSSR count). The number of ether oxygens (including phenoxy) is 1. The van der Waals surface area contributed by atoms with Gasteiger partial charge in [-0.15, -0.1) is 11.3 Å². The SMILES string of the molecule is COC(=O)c1ncc(-c2cccs2)c(-c2ccc(F)cc2)n1. The second-order valence-corrected chi connectivity index (χ2v) is 5.38. The number of benzene rings is 1. The maximum atomic E-state index is 13.1. The van der Waals surface area contributed by atoms with E-state index in [0.29, 0.717) is 11.3 Å². The summed E-state index contributed by atoms with van der Waals surface area (Å²) in [6.45, 7) is 0. The van der Waals surface area contributed by atoms with Gasteiger partial charge in [-0.05, 0) is 35.7 Å². The van der Waals surface area contributed by atoms with Gasteiger partial charge in [0.05, 0.1) is 12.8 Å². The standard InChI is InChI=1S/C16H11FN2O2S/c1-21-16(20)15-18-9-12(13-3-2-8-22-13)14(19-15)10-4-6-11(17)7-5-10/h2-9H,1H3. The highest BCUT2D eigenvalue weighted by Gasteiger charge is 2.16. The fourth-order valence-corrected chi connectivity index (χ4v) is 2.75. The first-order valence-electron chi connectivity index (χ1n) is 6.44. The Labute approximate surface area is 130 Å². The van der Waals surface area contributed by atoms with Gasteiger partial charge in [0.1, 0.15) is 5.82 Å². The van der Waals surface area contributed by atoms with Crippen LogP contribution < -0.4 is 0 Å². The first-order valence-corrected chi connectivity index (χ1v) is 7.32. The van der Waals surface area contributed by atoms with Gasteiger partial charge in [-0.2, -0.15) is 0 Å². The van der Waals surface area contributed by atoms with Crippen LogP contribution in [0, 0.1) is 5.82 Å². The van der Waals surface area contributed by atoms with Gasteiger partial charge in [0.25, 0.3) is 0 Å². The van der Waals surface area contributed by atoms with E-state index in [2.05, 4.69) is 14.7 Å². The molecule has 0 radical (unpaired) electrons. The van der Waals surface area contributed by atoms with Gasteiger partial charge in [-0.25, -0.2) is 19.2 Å². The normalized spacial score (nSPS) is 10.5. The minimum Gasteiger partial charge on any atom is -0.463 e. The highest BCUT2D eigenvalue weighted by atomic mass is 32.1. The van der Waals surface area contributed by atoms with E-state index in [1.807, 2.05) is 17.5 Å². The summed E-state index contributed by atoms with van der Waals surface area (Å²) in [4.78, 5) is 21.0. The first-order chi connectivity index (χ1) is 10.7. The number of nitrogens with zero attached hydrogens (tertiary/aromatic N) is 2. The largest absolute Gasteiger partial charge is 0.463 e. The average Bonchev–Trinajstić information content (AvgIpc) is 3.08. The molecule has 0 atom stereocenters. The van der Waals surface area contributed by atoms with Crippen LogP contribution in [0.15, 0.2) is 48.0 Å². The van der Waals surface area contributed by atoms with Crippen LogP contribution in [0.2, 0.25) is 0 Å². The van der Waals surface area contributed by atoms with E-state index >= 15 is 0 Å². The average molecular weight is 314 g/mol. The minimum absolute atomic E-state index is 0.0258. The van der Waals surface area contributed by atoms with Crippen LogP contribution in [0.3, 0.4) is 0 Å². The number of aromatic nitrogens is 2. The van der Waals surface area contributed by atoms with Gasteiger partial charge in [-0.3, -0.25) is 0 Å². The van der Waals surface area contributed by atoms with Crippen LogP contribution in [0.5, 0.6) is 0 Å². The topological polar surface area (TPSA) is 52.1 Å². The van der Waals surface area contributed by atoms with Crippen molar-refractivity contribution in [2.24, 2.45) is 0 Å². The van der Waals surface area contributed by atoms with Crippen LogP contribution in [-0.4, -0.2) is 23.0 Å². The Bertz CT molecular complexity index is 802. The second kappa shape index (κ2) is 6.03. The maximum absolute atomic E-state index is 13.1. The predicted octanol–water partition coefficient (Wildman–Crippen LogP) is 3.80. The first kappa shape index (κ1) is 14.3. The number of thiophene rings is 1. The van der Waals surface area contributed by atoms with Gasteiger partial charge < -0.3 is 4.74 Å². The van der Waals surface area contributed by atoms with Crippen molar-refractivity contribution in [3.05, 3.63) is 59.6 Å². The maximum Gasteiger partial charge on any atom is 0.376 e. The third kappa shape index (κ3) is 2.73. The number of esters is 1. The molecule has 6 heteroatoms. The van der Waals surface area contributed by atoms with Gasteiger partial charge in [0.2, 0.25) is 5.82 Å². The quantitative estimate of drug-likeness (QED) is 0.690. The van der Waals surface area contributed by atoms with Crippen molar-refractivity contribution < 1.29 is 13.9 Å². The molecule has 22 heavy (non-hydrogen) atoms. The lowest BCUT2D eigenvalue weighted by Crippen LogP contribution is -2.08. The molecule has 0 amide bonds. The van der Waals surface area contributed by atoms with Crippen molar-refractivity contribution in [2.75, 3.05) is 7.11 Å². The van der Waals surface area contributed by atoms with E-state index in [-0.39, 0.29) is 11.6 Å². The van der Waals surface area contributed by atoms with Crippen molar-refractivity contribution >= 4 is 17.3 Å². The second-order valence-electron chi connectivity index (χ2n) is 4.43. The molecule has 0 fully saturated rings. The Balaban J connectivity index is 2.18. The Morgan fingerprint density at radius 2 is 2.00 bits per heavy atom. The molecule has 2 aromatic heterocycles. The fourth-order valence-electron chi connectivity index (χ4n) is 2.01. The molecular formula is C16H11FN2O2S. The number of hydrogen-bond acceptors (Lipinski definition) is 5. The van der Waals surface area contributed by atoms with Crippen molar-refractivity contribution in [2.45, 2.75) is 0 Å². The van der Waals surface area contributed by atoms with Crippen LogP contribution in [-0.2, 0) is 4.74 Å². The molecule has 0 bridgehead atoms. The zero-order valence-corrected chi connectivity index (χ0v) is 12.4. The summed E-state index contributed by atoms with van der Waals surface area (Å²) in [5.74, 6) is -0.966. The van der Waals surface area contributed by atoms with Crippen molar-refractivity contribution in [3.8, 4) is 21.7 Å². The summed E-state index contributed by atoms with van der Waals surface area (Å²) in [6, 6.07) is 9.81. The van der Waals surface area contributed by atoms with Crippen molar-refractivity contribution in [1.29, 1.82) is 0 Å². The molecule has 0 unspecified atom stereocenters. The molecule has 3 aromatic rings. The van der Waals surface area contributed by atoms with E-state index in [9.17, 15) is 9.18 Å². The van der Waals surface area contributed by atoms with E-state index in [0.717, 1.165) is 10.4 Å². The molecule has 0 spiro atoms. The molecule has 2 heterocycles. The summed E-state index contributed by atoms with van der Waals surface area (Å²) >= 11 is 1.54. The number of carbonyl (C=O) groups is 1. The molecule has 0 saturated heterocycles. The Morgan fingerprint density at radius 1 is 1.23 bits per heavy atom. The van der Waals surface area contributed by atoms with Gasteiger partial charge >= 0.3 is 5.97 Å². The fraction of sp³-hybridized carbons (Fsp3) is 0.0625. The molecule has 0 aliphatic rings. The number of halogens is 1. The molecule has 0 saturated carbocycles. The predicted molar refractivity (Wildman–Crippen MR) is 82.1 cm³/mol. The van der Waals surface area contributed by atoms with Crippen molar-refractivity contribution in [1.82, 2.24) is 9.97 Å². The number of methoxy groups -OCH3 is 1. The molecule has 0 N–H and O–H groups in total. The zero-order valence-electron chi connectivity index (χ0n) is 11.6. The third-order valence-corrected chi connectivity index (χ3v) is 3.96. The zero-order chi connectivity index (χ0) is 15.5. The lowest BCUT2D eigenvalue weighted by atomic mass is 10.1. The number of carbonyl (C=O) groups excluding carboxylic acids is 1. The Kier molecular flexibility index (Phi) is 3.93. The number of rotatable bonds is 3. The number of hydrogen-bond donors (Lipinski definition) is 0. The van der Waals surface area contributed by atoms with Crippen molar-refractivity contribution in [3.63, 3.8) is 0 Å². The van der Waals surface area contributed by atoms with Gasteiger partial charge in [0.15, 0.2) is 0 Å². The summed E-state index contributed by atoms with van der Waals surface area (Å²) in [6.07, 6.45) is 1.59. The molecular weight excluding hydrogens is 303 g/mol. The Morgan fingerprint density at radius 3 is 2.64 bits per heavy atom. The van der Waals surface area contributed by atoms with E-state index in [1.54, 1.807) is 18.3 Å². The van der Waals surface area contributed by atoms with Crippen LogP contribution in [0.1, 0.15) is 10.6 Å². The highest BCUT2D eigenvalue weighted by molar-refractivity contribution is 7.13. The molecule has 110 valence electrons. The van der Waals surface area contributed by atoms with Crippen LogP contribution in [0.25, 0.3) is 21.7 Å². The van der Waals surface area contributed by atoms with Crippen LogP contribution in [0.4, 0.5) is 4.39 Å². The molecule has 1 aromatic carbocycles. The van der Waals surface area contributed by atoms with E-state index < -0.39 is 5.97 Å². The summed E-state index contributed by atoms with van der Waals surface area (Å²) in [5.41, 5.74) is 2.06. The third-order valence-electron chi connectivity index (χ3n) is 3.06. The monoisotopic (exact) mass is 314 g/mol. The Hall–Kier alpha value is -2.60. The molecule has 0 aliphatic heterocycles. The minimum atomic E-state index is -0.610. The van der Waals surface area contributed by atoms with Gasteiger partial charge in [0, 0.05) is 22.2 Å². The van der Waals surface area contributed by atoms with E-state index in [4.69, 9.17) is 0 Å². The van der Waals surface area contributed by atoms with Crippen LogP contribution >= 0.6 is 11.3 Å². The molecule has 4 nitrogen and oxygen atoms in total. The van der Waals surface area contributed by atoms with E-state index in [1.165, 1.54) is 30.6 Å². The summed E-state index contributed by atoms with van der Waals surface area (Å²) in [7, 11) is 1.27. The highest BCUT2D eigenvalue weighted by Crippen LogP contribution is 2.32. The summed E-state index contributed by atoms with van der Waals surface area (Å²) < 4.78 is 17.8.